The number of piperidine rings is 1. The third kappa shape index (κ3) is 3.40. The van der Waals surface area contributed by atoms with Crippen LogP contribution in [0.5, 0.6) is 0 Å². The number of aromatic nitrogens is 2. The second-order valence-electron chi connectivity index (χ2n) is 6.64. The third-order valence-electron chi connectivity index (χ3n) is 4.89. The summed E-state index contributed by atoms with van der Waals surface area (Å²) in [6, 6.07) is 12.2. The van der Waals surface area contributed by atoms with Gasteiger partial charge in [0, 0.05) is 30.9 Å². The van der Waals surface area contributed by atoms with Gasteiger partial charge in [-0.05, 0) is 48.7 Å². The standard InChI is InChI=1S/C20H20FN3O/c21-16-7-5-14(6-8-16)11-20(25)24-10-2-3-15(13-24)18-12-19-17(23-18)4-1-9-22-19/h1,4-9,12,15,23H,2-3,10-11,13H2/t15-/m0/s1. The summed E-state index contributed by atoms with van der Waals surface area (Å²) in [5, 5.41) is 0. The van der Waals surface area contributed by atoms with E-state index in [-0.39, 0.29) is 11.7 Å². The first-order chi connectivity index (χ1) is 12.2. The van der Waals surface area contributed by atoms with E-state index in [0.29, 0.717) is 18.9 Å². The van der Waals surface area contributed by atoms with Gasteiger partial charge in [-0.25, -0.2) is 4.39 Å². The molecule has 1 aliphatic heterocycles. The van der Waals surface area contributed by atoms with E-state index in [4.69, 9.17) is 0 Å². The van der Waals surface area contributed by atoms with Crippen LogP contribution >= 0.6 is 0 Å². The molecule has 128 valence electrons. The maximum absolute atomic E-state index is 13.0. The molecule has 1 amide bonds. The van der Waals surface area contributed by atoms with Gasteiger partial charge < -0.3 is 9.88 Å². The molecule has 1 aliphatic rings. The Hall–Kier alpha value is -2.69. The van der Waals surface area contributed by atoms with Gasteiger partial charge in [0.25, 0.3) is 0 Å². The molecule has 25 heavy (non-hydrogen) atoms. The largest absolute Gasteiger partial charge is 0.357 e. The summed E-state index contributed by atoms with van der Waals surface area (Å²) in [5.74, 6) is 0.132. The first-order valence-electron chi connectivity index (χ1n) is 8.65. The Kier molecular flexibility index (Phi) is 4.22. The summed E-state index contributed by atoms with van der Waals surface area (Å²) in [6.45, 7) is 1.50. The number of hydrogen-bond donors (Lipinski definition) is 1. The number of benzene rings is 1. The monoisotopic (exact) mass is 337 g/mol. The number of hydrogen-bond acceptors (Lipinski definition) is 2. The van der Waals surface area contributed by atoms with Gasteiger partial charge in [-0.3, -0.25) is 9.78 Å². The van der Waals surface area contributed by atoms with Gasteiger partial charge in [0.2, 0.25) is 5.91 Å². The molecule has 0 spiro atoms. The highest BCUT2D eigenvalue weighted by atomic mass is 19.1. The van der Waals surface area contributed by atoms with Gasteiger partial charge in [0.15, 0.2) is 0 Å². The molecule has 5 heteroatoms. The Balaban J connectivity index is 1.46. The van der Waals surface area contributed by atoms with Gasteiger partial charge in [-0.15, -0.1) is 0 Å². The van der Waals surface area contributed by atoms with Crippen LogP contribution in [-0.4, -0.2) is 33.9 Å². The fourth-order valence-electron chi connectivity index (χ4n) is 3.54. The van der Waals surface area contributed by atoms with E-state index in [1.165, 1.54) is 12.1 Å². The highest BCUT2D eigenvalue weighted by Gasteiger charge is 2.25. The number of nitrogens with zero attached hydrogens (tertiary/aromatic N) is 2. The molecule has 1 N–H and O–H groups in total. The molecule has 0 bridgehead atoms. The number of fused-ring (bicyclic) bond motifs is 1. The van der Waals surface area contributed by atoms with Gasteiger partial charge >= 0.3 is 0 Å². The van der Waals surface area contributed by atoms with Gasteiger partial charge in [-0.2, -0.15) is 0 Å². The third-order valence-corrected chi connectivity index (χ3v) is 4.89. The highest BCUT2D eigenvalue weighted by Crippen LogP contribution is 2.28. The molecule has 0 saturated carbocycles. The molecule has 2 aromatic heterocycles. The summed E-state index contributed by atoms with van der Waals surface area (Å²) in [7, 11) is 0. The van der Waals surface area contributed by atoms with Crippen molar-refractivity contribution in [1.29, 1.82) is 0 Å². The van der Waals surface area contributed by atoms with E-state index in [1.54, 1.807) is 18.3 Å². The lowest BCUT2D eigenvalue weighted by Crippen LogP contribution is -2.40. The minimum absolute atomic E-state index is 0.102. The van der Waals surface area contributed by atoms with Crippen molar-refractivity contribution >= 4 is 16.9 Å². The van der Waals surface area contributed by atoms with Crippen LogP contribution in [0.25, 0.3) is 11.0 Å². The molecule has 0 radical (unpaired) electrons. The van der Waals surface area contributed by atoms with Crippen molar-refractivity contribution in [3.05, 3.63) is 65.7 Å². The van der Waals surface area contributed by atoms with Crippen LogP contribution in [0.2, 0.25) is 0 Å². The summed E-state index contributed by atoms with van der Waals surface area (Å²) in [5.41, 5.74) is 4.00. The molecule has 0 aliphatic carbocycles. The predicted molar refractivity (Wildman–Crippen MR) is 94.8 cm³/mol. The van der Waals surface area contributed by atoms with Gasteiger partial charge in [0.05, 0.1) is 17.5 Å². The molecule has 1 atom stereocenters. The zero-order chi connectivity index (χ0) is 17.2. The van der Waals surface area contributed by atoms with Crippen LogP contribution in [0.4, 0.5) is 4.39 Å². The molecule has 4 nitrogen and oxygen atoms in total. The lowest BCUT2D eigenvalue weighted by molar-refractivity contribution is -0.131. The number of pyridine rings is 1. The number of carbonyl (C=O) groups excluding carboxylic acids is 1. The quantitative estimate of drug-likeness (QED) is 0.793. The van der Waals surface area contributed by atoms with E-state index in [1.807, 2.05) is 17.0 Å². The zero-order valence-corrected chi connectivity index (χ0v) is 13.9. The SMILES string of the molecule is O=C(Cc1ccc(F)cc1)N1CCC[C@H](c2cc3ncccc3[nH]2)C1. The van der Waals surface area contributed by atoms with Crippen LogP contribution in [0.15, 0.2) is 48.7 Å². The second kappa shape index (κ2) is 6.67. The molecular weight excluding hydrogens is 317 g/mol. The fraction of sp³-hybridized carbons (Fsp3) is 0.300. The minimum Gasteiger partial charge on any atom is -0.357 e. The molecule has 1 fully saturated rings. The Morgan fingerprint density at radius 3 is 2.92 bits per heavy atom. The number of likely N-dealkylation sites (tertiary alicyclic amines) is 1. The number of rotatable bonds is 3. The lowest BCUT2D eigenvalue weighted by Gasteiger charge is -2.32. The average molecular weight is 337 g/mol. The van der Waals surface area contributed by atoms with Crippen molar-refractivity contribution in [1.82, 2.24) is 14.9 Å². The molecule has 4 rings (SSSR count). The molecule has 3 heterocycles. The summed E-state index contributed by atoms with van der Waals surface area (Å²) in [6.07, 6.45) is 4.16. The zero-order valence-electron chi connectivity index (χ0n) is 13.9. The molecule has 3 aromatic rings. The lowest BCUT2D eigenvalue weighted by atomic mass is 9.94. The van der Waals surface area contributed by atoms with Crippen LogP contribution in [0.1, 0.15) is 30.0 Å². The first kappa shape index (κ1) is 15.8. The Labute approximate surface area is 145 Å². The first-order valence-corrected chi connectivity index (χ1v) is 8.65. The molecule has 1 saturated heterocycles. The number of amides is 1. The molecule has 0 unspecified atom stereocenters. The maximum atomic E-state index is 13.0. The van der Waals surface area contributed by atoms with Crippen molar-refractivity contribution < 1.29 is 9.18 Å². The number of H-pyrrole nitrogens is 1. The van der Waals surface area contributed by atoms with E-state index < -0.39 is 0 Å². The Morgan fingerprint density at radius 2 is 2.12 bits per heavy atom. The van der Waals surface area contributed by atoms with Crippen molar-refractivity contribution in [2.24, 2.45) is 0 Å². The van der Waals surface area contributed by atoms with Crippen LogP contribution in [-0.2, 0) is 11.2 Å². The summed E-state index contributed by atoms with van der Waals surface area (Å²) in [4.78, 5) is 22.3. The van der Waals surface area contributed by atoms with Gasteiger partial charge in [-0.1, -0.05) is 12.1 Å². The average Bonchev–Trinajstić information content (AvgIpc) is 3.08. The van der Waals surface area contributed by atoms with E-state index in [9.17, 15) is 9.18 Å². The number of nitrogens with one attached hydrogen (secondary N) is 1. The Bertz CT molecular complexity index is 854. The predicted octanol–water partition coefficient (Wildman–Crippen LogP) is 3.65. The number of carbonyl (C=O) groups is 1. The summed E-state index contributed by atoms with van der Waals surface area (Å²) >= 11 is 0. The van der Waals surface area contributed by atoms with E-state index in [2.05, 4.69) is 16.0 Å². The normalized spacial score (nSPS) is 17.8. The van der Waals surface area contributed by atoms with Crippen molar-refractivity contribution in [2.45, 2.75) is 25.2 Å². The van der Waals surface area contributed by atoms with Crippen molar-refractivity contribution in [3.63, 3.8) is 0 Å². The van der Waals surface area contributed by atoms with Crippen LogP contribution in [0, 0.1) is 5.82 Å². The van der Waals surface area contributed by atoms with E-state index >= 15 is 0 Å². The Morgan fingerprint density at radius 1 is 1.28 bits per heavy atom. The fourth-order valence-corrected chi connectivity index (χ4v) is 3.54. The highest BCUT2D eigenvalue weighted by molar-refractivity contribution is 5.79. The topological polar surface area (TPSA) is 49.0 Å². The van der Waals surface area contributed by atoms with Crippen molar-refractivity contribution in [3.8, 4) is 0 Å². The summed E-state index contributed by atoms with van der Waals surface area (Å²) < 4.78 is 13.0. The van der Waals surface area contributed by atoms with Crippen LogP contribution in [0.3, 0.4) is 0 Å². The number of halogens is 1. The smallest absolute Gasteiger partial charge is 0.227 e. The van der Waals surface area contributed by atoms with Crippen molar-refractivity contribution in [2.75, 3.05) is 13.1 Å². The van der Waals surface area contributed by atoms with Gasteiger partial charge in [0.1, 0.15) is 5.82 Å². The molecule has 1 aromatic carbocycles. The number of aromatic amines is 1. The van der Waals surface area contributed by atoms with Crippen LogP contribution < -0.4 is 0 Å². The molecular formula is C20H20FN3O. The second-order valence-corrected chi connectivity index (χ2v) is 6.64. The van der Waals surface area contributed by atoms with E-state index in [0.717, 1.165) is 41.7 Å². The maximum Gasteiger partial charge on any atom is 0.227 e. The minimum atomic E-state index is -0.276.